The first-order valence-electron chi connectivity index (χ1n) is 11.0. The highest BCUT2D eigenvalue weighted by Gasteiger charge is 2.34. The van der Waals surface area contributed by atoms with Crippen LogP contribution in [0.3, 0.4) is 0 Å². The second kappa shape index (κ2) is 8.18. The fraction of sp³-hybridized carbons (Fsp3) is 0.905. The van der Waals surface area contributed by atoms with Crippen LogP contribution >= 0.6 is 0 Å². The molecule has 3 aliphatic rings. The zero-order valence-corrected chi connectivity index (χ0v) is 17.7. The van der Waals surface area contributed by atoms with Crippen molar-refractivity contribution in [1.29, 1.82) is 0 Å². The molecule has 0 radical (unpaired) electrons. The summed E-state index contributed by atoms with van der Waals surface area (Å²) in [7, 11) is 4.43. The molecule has 0 saturated carbocycles. The van der Waals surface area contributed by atoms with Gasteiger partial charge in [-0.3, -0.25) is 4.90 Å². The molecule has 3 fully saturated rings. The van der Waals surface area contributed by atoms with Gasteiger partial charge in [0.2, 0.25) is 0 Å². The molecule has 1 aromatic rings. The number of rotatable bonds is 5. The number of piperidine rings is 2. The first-order chi connectivity index (χ1) is 13.0. The lowest BCUT2D eigenvalue weighted by Crippen LogP contribution is -2.46. The summed E-state index contributed by atoms with van der Waals surface area (Å²) in [6, 6.07) is 0. The Hall–Kier alpha value is -0.980. The Bertz CT molecular complexity index is 612. The summed E-state index contributed by atoms with van der Waals surface area (Å²) in [4.78, 5) is 7.71. The fourth-order valence-electron chi connectivity index (χ4n) is 5.28. The van der Waals surface area contributed by atoms with E-state index in [-0.39, 0.29) is 0 Å². The number of nitrogens with zero attached hydrogens (tertiary/aromatic N) is 6. The van der Waals surface area contributed by atoms with Crippen LogP contribution < -0.4 is 0 Å². The Kier molecular flexibility index (Phi) is 5.86. The zero-order chi connectivity index (χ0) is 18.9. The number of aromatic nitrogens is 3. The van der Waals surface area contributed by atoms with Crippen molar-refractivity contribution in [3.8, 4) is 0 Å². The van der Waals surface area contributed by atoms with Gasteiger partial charge < -0.3 is 14.4 Å². The predicted octanol–water partition coefficient (Wildman–Crippen LogP) is 2.32. The quantitative estimate of drug-likeness (QED) is 0.791. The molecule has 3 aliphatic heterocycles. The van der Waals surface area contributed by atoms with Gasteiger partial charge >= 0.3 is 0 Å². The van der Waals surface area contributed by atoms with Crippen molar-refractivity contribution < 1.29 is 0 Å². The van der Waals surface area contributed by atoms with Crippen molar-refractivity contribution in [2.24, 2.45) is 12.5 Å². The van der Waals surface area contributed by atoms with Crippen LogP contribution in [0.4, 0.5) is 0 Å². The molecule has 3 saturated heterocycles. The van der Waals surface area contributed by atoms with Crippen molar-refractivity contribution in [1.82, 2.24) is 29.5 Å². The molecule has 1 aromatic heterocycles. The molecule has 0 aliphatic carbocycles. The van der Waals surface area contributed by atoms with E-state index in [1.165, 1.54) is 83.6 Å². The molecular formula is C21H38N6. The molecule has 27 heavy (non-hydrogen) atoms. The summed E-state index contributed by atoms with van der Waals surface area (Å²) in [6.07, 6.45) is 7.86. The van der Waals surface area contributed by atoms with Crippen molar-refractivity contribution >= 4 is 0 Å². The van der Waals surface area contributed by atoms with Gasteiger partial charge in [-0.15, -0.1) is 10.2 Å². The average molecular weight is 375 g/mol. The standard InChI is InChI=1S/C21H38N6/c1-21(8-13-24(2)14-9-21)17-27-12-6-7-18(15-27)20-23-22-19(25(20)3)16-26-10-4-5-11-26/h18H,4-17H2,1-3H3/t18-/m1/s1. The van der Waals surface area contributed by atoms with Crippen molar-refractivity contribution in [3.63, 3.8) is 0 Å². The maximum Gasteiger partial charge on any atom is 0.146 e. The molecule has 0 spiro atoms. The molecule has 0 N–H and O–H groups in total. The van der Waals surface area contributed by atoms with Crippen molar-refractivity contribution in [2.45, 2.75) is 57.9 Å². The van der Waals surface area contributed by atoms with Gasteiger partial charge in [0.25, 0.3) is 0 Å². The molecule has 4 heterocycles. The first kappa shape index (κ1) is 19.3. The van der Waals surface area contributed by atoms with Crippen LogP contribution in [-0.4, -0.2) is 82.3 Å². The third-order valence-corrected chi connectivity index (χ3v) is 7.23. The highest BCUT2D eigenvalue weighted by molar-refractivity contribution is 5.04. The highest BCUT2D eigenvalue weighted by atomic mass is 15.3. The summed E-state index contributed by atoms with van der Waals surface area (Å²) in [6.45, 7) is 12.0. The minimum absolute atomic E-state index is 0.481. The van der Waals surface area contributed by atoms with E-state index in [1.807, 2.05) is 0 Å². The lowest BCUT2D eigenvalue weighted by Gasteiger charge is -2.43. The highest BCUT2D eigenvalue weighted by Crippen LogP contribution is 2.34. The molecule has 4 rings (SSSR count). The van der Waals surface area contributed by atoms with E-state index >= 15 is 0 Å². The molecule has 0 aromatic carbocycles. The summed E-state index contributed by atoms with van der Waals surface area (Å²) in [5.74, 6) is 2.90. The number of hydrogen-bond acceptors (Lipinski definition) is 5. The van der Waals surface area contributed by atoms with Gasteiger partial charge in [-0.05, 0) is 83.7 Å². The predicted molar refractivity (Wildman–Crippen MR) is 109 cm³/mol. The average Bonchev–Trinajstić information content (AvgIpc) is 3.29. The summed E-state index contributed by atoms with van der Waals surface area (Å²) < 4.78 is 2.30. The maximum absolute atomic E-state index is 4.64. The van der Waals surface area contributed by atoms with E-state index in [0.29, 0.717) is 11.3 Å². The molecule has 0 amide bonds. The van der Waals surface area contributed by atoms with Gasteiger partial charge in [-0.25, -0.2) is 0 Å². The summed E-state index contributed by atoms with van der Waals surface area (Å²) >= 11 is 0. The van der Waals surface area contributed by atoms with Gasteiger partial charge in [-0.1, -0.05) is 6.92 Å². The van der Waals surface area contributed by atoms with Crippen LogP contribution in [0.2, 0.25) is 0 Å². The number of hydrogen-bond donors (Lipinski definition) is 0. The molecule has 6 heteroatoms. The SMILES string of the molecule is CN1CCC(C)(CN2CCC[C@@H](c3nnc(CN4CCCC4)n3C)C2)CC1. The Morgan fingerprint density at radius 3 is 2.37 bits per heavy atom. The maximum atomic E-state index is 4.64. The van der Waals surface area contributed by atoms with Crippen LogP contribution in [0, 0.1) is 5.41 Å². The zero-order valence-electron chi connectivity index (χ0n) is 17.7. The third-order valence-electron chi connectivity index (χ3n) is 7.23. The number of likely N-dealkylation sites (tertiary alicyclic amines) is 3. The van der Waals surface area contributed by atoms with Crippen LogP contribution in [0.5, 0.6) is 0 Å². The second-order valence-corrected chi connectivity index (χ2v) is 9.70. The van der Waals surface area contributed by atoms with Gasteiger partial charge in [0.05, 0.1) is 6.54 Å². The Labute approximate surface area is 164 Å². The molecule has 1 atom stereocenters. The van der Waals surface area contributed by atoms with Crippen molar-refractivity contribution in [3.05, 3.63) is 11.6 Å². The Balaban J connectivity index is 1.37. The lowest BCUT2D eigenvalue weighted by atomic mass is 9.79. The van der Waals surface area contributed by atoms with Gasteiger partial charge in [0.15, 0.2) is 0 Å². The minimum atomic E-state index is 0.481. The second-order valence-electron chi connectivity index (χ2n) is 9.70. The van der Waals surface area contributed by atoms with E-state index in [1.54, 1.807) is 0 Å². The topological polar surface area (TPSA) is 40.4 Å². The normalized spacial score (nSPS) is 28.0. The van der Waals surface area contributed by atoms with E-state index in [9.17, 15) is 0 Å². The first-order valence-corrected chi connectivity index (χ1v) is 11.0. The third kappa shape index (κ3) is 4.54. The van der Waals surface area contributed by atoms with Crippen LogP contribution in [-0.2, 0) is 13.6 Å². The Morgan fingerprint density at radius 2 is 1.63 bits per heavy atom. The van der Waals surface area contributed by atoms with E-state index in [2.05, 4.69) is 50.5 Å². The minimum Gasteiger partial charge on any atom is -0.317 e. The Morgan fingerprint density at radius 1 is 0.926 bits per heavy atom. The van der Waals surface area contributed by atoms with Crippen LogP contribution in [0.25, 0.3) is 0 Å². The van der Waals surface area contributed by atoms with E-state index < -0.39 is 0 Å². The monoisotopic (exact) mass is 374 g/mol. The van der Waals surface area contributed by atoms with Crippen LogP contribution in [0.15, 0.2) is 0 Å². The molecule has 0 bridgehead atoms. The van der Waals surface area contributed by atoms with Gasteiger partial charge in [0.1, 0.15) is 11.6 Å². The van der Waals surface area contributed by atoms with Gasteiger partial charge in [0, 0.05) is 26.1 Å². The van der Waals surface area contributed by atoms with Crippen molar-refractivity contribution in [2.75, 3.05) is 52.9 Å². The molecular weight excluding hydrogens is 336 g/mol. The van der Waals surface area contributed by atoms with E-state index in [4.69, 9.17) is 0 Å². The van der Waals surface area contributed by atoms with Gasteiger partial charge in [-0.2, -0.15) is 0 Å². The molecule has 6 nitrogen and oxygen atoms in total. The van der Waals surface area contributed by atoms with E-state index in [0.717, 1.165) is 18.9 Å². The molecule has 152 valence electrons. The largest absolute Gasteiger partial charge is 0.317 e. The molecule has 0 unspecified atom stereocenters. The summed E-state index contributed by atoms with van der Waals surface area (Å²) in [5, 5.41) is 9.21. The lowest BCUT2D eigenvalue weighted by molar-refractivity contribution is 0.0716. The smallest absolute Gasteiger partial charge is 0.146 e. The van der Waals surface area contributed by atoms with Crippen LogP contribution in [0.1, 0.15) is 63.0 Å². The summed E-state index contributed by atoms with van der Waals surface area (Å²) in [5.41, 5.74) is 0.481. The fourth-order valence-corrected chi connectivity index (χ4v) is 5.28.